The molecule has 0 aliphatic heterocycles. The summed E-state index contributed by atoms with van der Waals surface area (Å²) < 4.78 is 26.1. The van der Waals surface area contributed by atoms with Gasteiger partial charge in [-0.15, -0.1) is 0 Å². The minimum absolute atomic E-state index is 0.172. The Bertz CT molecular complexity index is 604. The molecule has 0 radical (unpaired) electrons. The first kappa shape index (κ1) is 15.8. The number of aliphatic carboxylic acids is 1. The largest absolute Gasteiger partial charge is 0.480 e. The Morgan fingerprint density at radius 1 is 1.24 bits per heavy atom. The van der Waals surface area contributed by atoms with Crippen LogP contribution in [0.2, 0.25) is 0 Å². The van der Waals surface area contributed by atoms with Crippen molar-refractivity contribution in [3.63, 3.8) is 0 Å². The van der Waals surface area contributed by atoms with Gasteiger partial charge in [0.1, 0.15) is 5.54 Å². The van der Waals surface area contributed by atoms with E-state index in [0.717, 1.165) is 12.8 Å². The number of benzene rings is 1. The molecule has 6 nitrogen and oxygen atoms in total. The number of nitrogens with one attached hydrogen (secondary N) is 2. The zero-order valence-electron chi connectivity index (χ0n) is 11.9. The molecule has 0 heterocycles. The molecule has 1 aromatic carbocycles. The second kappa shape index (κ2) is 6.03. The van der Waals surface area contributed by atoms with Crippen LogP contribution in [0.4, 0.5) is 5.69 Å². The average Bonchev–Trinajstić information content (AvgIpc) is 2.89. The van der Waals surface area contributed by atoms with Crippen molar-refractivity contribution < 1.29 is 18.3 Å². The summed E-state index contributed by atoms with van der Waals surface area (Å²) in [5, 5.41) is 12.5. The highest BCUT2D eigenvalue weighted by atomic mass is 32.2. The summed E-state index contributed by atoms with van der Waals surface area (Å²) >= 11 is 0. The highest BCUT2D eigenvalue weighted by Gasteiger charge is 2.41. The lowest BCUT2D eigenvalue weighted by atomic mass is 9.97. The van der Waals surface area contributed by atoms with Crippen LogP contribution in [0.1, 0.15) is 32.6 Å². The van der Waals surface area contributed by atoms with Crippen molar-refractivity contribution in [1.29, 1.82) is 0 Å². The third-order valence-corrected chi connectivity index (χ3v) is 5.31. The summed E-state index contributed by atoms with van der Waals surface area (Å²) in [5.41, 5.74) is -0.308. The maximum absolute atomic E-state index is 11.8. The van der Waals surface area contributed by atoms with Crippen molar-refractivity contribution in [3.05, 3.63) is 24.3 Å². The van der Waals surface area contributed by atoms with Gasteiger partial charge in [0.15, 0.2) is 0 Å². The van der Waals surface area contributed by atoms with Gasteiger partial charge in [-0.3, -0.25) is 0 Å². The standard InChI is InChI=1S/C14H20N2O4S/c1-2-15-21(19,20)12-7-5-11(6-8-12)16-14(13(17)18)9-3-4-10-14/h5-8,15-16H,2-4,9-10H2,1H3,(H,17,18). The molecule has 0 saturated heterocycles. The van der Waals surface area contributed by atoms with Crippen molar-refractivity contribution in [3.8, 4) is 0 Å². The predicted octanol–water partition coefficient (Wildman–Crippen LogP) is 1.79. The van der Waals surface area contributed by atoms with E-state index in [4.69, 9.17) is 0 Å². The van der Waals surface area contributed by atoms with Gasteiger partial charge in [-0.2, -0.15) is 0 Å². The maximum atomic E-state index is 11.8. The Kier molecular flexibility index (Phi) is 4.53. The molecule has 0 atom stereocenters. The zero-order valence-corrected chi connectivity index (χ0v) is 12.7. The molecule has 1 aromatic rings. The van der Waals surface area contributed by atoms with Gasteiger partial charge in [0.2, 0.25) is 10.0 Å². The van der Waals surface area contributed by atoms with Gasteiger partial charge in [-0.05, 0) is 37.1 Å². The zero-order chi connectivity index (χ0) is 15.5. The topological polar surface area (TPSA) is 95.5 Å². The lowest BCUT2D eigenvalue weighted by Gasteiger charge is -2.26. The van der Waals surface area contributed by atoms with Gasteiger partial charge in [0.25, 0.3) is 0 Å². The summed E-state index contributed by atoms with van der Waals surface area (Å²) in [6, 6.07) is 6.16. The van der Waals surface area contributed by atoms with Crippen LogP contribution in [-0.2, 0) is 14.8 Å². The molecular weight excluding hydrogens is 292 g/mol. The molecule has 1 aliphatic carbocycles. The Morgan fingerprint density at radius 2 is 1.81 bits per heavy atom. The lowest BCUT2D eigenvalue weighted by molar-refractivity contribution is -0.142. The van der Waals surface area contributed by atoms with Crippen LogP contribution < -0.4 is 10.0 Å². The van der Waals surface area contributed by atoms with Crippen LogP contribution in [0.3, 0.4) is 0 Å². The molecule has 0 spiro atoms. The van der Waals surface area contributed by atoms with Crippen LogP contribution in [0.25, 0.3) is 0 Å². The Hall–Kier alpha value is -1.60. The number of hydrogen-bond donors (Lipinski definition) is 3. The van der Waals surface area contributed by atoms with Crippen LogP contribution in [0.15, 0.2) is 29.2 Å². The summed E-state index contributed by atoms with van der Waals surface area (Å²) in [7, 11) is -3.48. The number of anilines is 1. The highest BCUT2D eigenvalue weighted by Crippen LogP contribution is 2.33. The molecule has 2 rings (SSSR count). The number of carboxylic acids is 1. The van der Waals surface area contributed by atoms with Crippen molar-refractivity contribution in [2.75, 3.05) is 11.9 Å². The first-order valence-corrected chi connectivity index (χ1v) is 8.49. The molecule has 7 heteroatoms. The van der Waals surface area contributed by atoms with Gasteiger partial charge < -0.3 is 10.4 Å². The molecular formula is C14H20N2O4S. The fraction of sp³-hybridized carbons (Fsp3) is 0.500. The minimum Gasteiger partial charge on any atom is -0.480 e. The van der Waals surface area contributed by atoms with E-state index in [0.29, 0.717) is 25.1 Å². The van der Waals surface area contributed by atoms with Crippen molar-refractivity contribution >= 4 is 21.7 Å². The fourth-order valence-corrected chi connectivity index (χ4v) is 3.68. The van der Waals surface area contributed by atoms with Gasteiger partial charge in [-0.1, -0.05) is 19.8 Å². The highest BCUT2D eigenvalue weighted by molar-refractivity contribution is 7.89. The van der Waals surface area contributed by atoms with E-state index in [1.165, 1.54) is 12.1 Å². The molecule has 0 amide bonds. The normalized spacial score (nSPS) is 17.6. The number of carbonyl (C=O) groups is 1. The van der Waals surface area contributed by atoms with E-state index in [1.807, 2.05) is 0 Å². The number of rotatable bonds is 6. The second-order valence-electron chi connectivity index (χ2n) is 5.25. The second-order valence-corrected chi connectivity index (χ2v) is 7.01. The molecule has 0 unspecified atom stereocenters. The number of hydrogen-bond acceptors (Lipinski definition) is 4. The smallest absolute Gasteiger partial charge is 0.329 e. The minimum atomic E-state index is -3.48. The van der Waals surface area contributed by atoms with E-state index in [1.54, 1.807) is 19.1 Å². The summed E-state index contributed by atoms with van der Waals surface area (Å²) in [6.45, 7) is 2.04. The van der Waals surface area contributed by atoms with Crippen LogP contribution in [0, 0.1) is 0 Å². The molecule has 1 fully saturated rings. The average molecular weight is 312 g/mol. The van der Waals surface area contributed by atoms with Crippen molar-refractivity contribution in [2.24, 2.45) is 0 Å². The Labute approximate surface area is 124 Å². The van der Waals surface area contributed by atoms with E-state index in [2.05, 4.69) is 10.0 Å². The first-order valence-electron chi connectivity index (χ1n) is 7.01. The molecule has 1 aliphatic rings. The van der Waals surface area contributed by atoms with E-state index in [-0.39, 0.29) is 4.90 Å². The van der Waals surface area contributed by atoms with Crippen molar-refractivity contribution in [1.82, 2.24) is 4.72 Å². The number of sulfonamides is 1. The molecule has 3 N–H and O–H groups in total. The van der Waals surface area contributed by atoms with Crippen LogP contribution in [-0.4, -0.2) is 31.6 Å². The molecule has 1 saturated carbocycles. The van der Waals surface area contributed by atoms with Crippen LogP contribution in [0.5, 0.6) is 0 Å². The van der Waals surface area contributed by atoms with E-state index < -0.39 is 21.5 Å². The quantitative estimate of drug-likeness (QED) is 0.744. The summed E-state index contributed by atoms with van der Waals surface area (Å²) in [6.07, 6.45) is 2.93. The third-order valence-electron chi connectivity index (χ3n) is 3.75. The van der Waals surface area contributed by atoms with Crippen LogP contribution >= 0.6 is 0 Å². The fourth-order valence-electron chi connectivity index (χ4n) is 2.64. The number of carboxylic acid groups (broad SMARTS) is 1. The van der Waals surface area contributed by atoms with Gasteiger partial charge in [0, 0.05) is 12.2 Å². The van der Waals surface area contributed by atoms with Gasteiger partial charge >= 0.3 is 5.97 Å². The van der Waals surface area contributed by atoms with E-state index >= 15 is 0 Å². The SMILES string of the molecule is CCNS(=O)(=O)c1ccc(NC2(C(=O)O)CCCC2)cc1. The summed E-state index contributed by atoms with van der Waals surface area (Å²) in [5.74, 6) is -0.857. The van der Waals surface area contributed by atoms with Gasteiger partial charge in [-0.25, -0.2) is 17.9 Å². The van der Waals surface area contributed by atoms with Gasteiger partial charge in [0.05, 0.1) is 4.90 Å². The molecule has 0 bridgehead atoms. The lowest BCUT2D eigenvalue weighted by Crippen LogP contribution is -2.43. The Morgan fingerprint density at radius 3 is 2.29 bits per heavy atom. The van der Waals surface area contributed by atoms with Crippen molar-refractivity contribution in [2.45, 2.75) is 43.0 Å². The third kappa shape index (κ3) is 3.36. The maximum Gasteiger partial charge on any atom is 0.329 e. The molecule has 116 valence electrons. The molecule has 0 aromatic heterocycles. The van der Waals surface area contributed by atoms with E-state index in [9.17, 15) is 18.3 Å². The first-order chi connectivity index (χ1) is 9.89. The molecule has 21 heavy (non-hydrogen) atoms. The monoisotopic (exact) mass is 312 g/mol. The Balaban J connectivity index is 2.18. The summed E-state index contributed by atoms with van der Waals surface area (Å²) in [4.78, 5) is 11.6. The predicted molar refractivity (Wildman–Crippen MR) is 79.8 cm³/mol.